The molecule has 3 rings (SSSR count). The largest absolute Gasteiger partial charge is 0.280 e. The molecule has 6 heteroatoms. The quantitative estimate of drug-likeness (QED) is 0.800. The molecular formula is C17H17N3O2S. The van der Waals surface area contributed by atoms with Crippen molar-refractivity contribution >= 4 is 15.7 Å². The molecule has 5 nitrogen and oxygen atoms in total. The minimum atomic E-state index is -3.68. The van der Waals surface area contributed by atoms with Gasteiger partial charge in [0.2, 0.25) is 0 Å². The summed E-state index contributed by atoms with van der Waals surface area (Å²) in [7, 11) is -3.68. The van der Waals surface area contributed by atoms with Gasteiger partial charge in [-0.15, -0.1) is 0 Å². The van der Waals surface area contributed by atoms with E-state index in [0.29, 0.717) is 11.4 Å². The van der Waals surface area contributed by atoms with Crippen molar-refractivity contribution in [3.8, 4) is 5.69 Å². The minimum Gasteiger partial charge on any atom is -0.280 e. The van der Waals surface area contributed by atoms with Crippen LogP contribution in [-0.4, -0.2) is 18.2 Å². The molecule has 0 radical (unpaired) electrons. The van der Waals surface area contributed by atoms with Crippen LogP contribution in [0.5, 0.6) is 0 Å². The highest BCUT2D eigenvalue weighted by atomic mass is 32.2. The number of benzene rings is 2. The molecule has 3 aromatic rings. The molecule has 1 heterocycles. The number of sulfonamides is 1. The fraction of sp³-hybridized carbons (Fsp3) is 0.118. The van der Waals surface area contributed by atoms with Gasteiger partial charge in [-0.2, -0.15) is 5.10 Å². The van der Waals surface area contributed by atoms with E-state index < -0.39 is 10.0 Å². The standard InChI is InChI=1S/C17H17N3O2S/c1-13-8-10-15(11-9-13)19-23(21,22)17-12-20(18-14(17)2)16-6-4-3-5-7-16/h3-12,19H,1-2H3. The average Bonchev–Trinajstić information content (AvgIpc) is 2.93. The molecule has 1 N–H and O–H groups in total. The number of aryl methyl sites for hydroxylation is 2. The second kappa shape index (κ2) is 5.89. The van der Waals surface area contributed by atoms with E-state index in [1.807, 2.05) is 49.4 Å². The minimum absolute atomic E-state index is 0.168. The SMILES string of the molecule is Cc1ccc(NS(=O)(=O)c2cn(-c3ccccc3)nc2C)cc1. The van der Waals surface area contributed by atoms with Gasteiger partial charge in [0.15, 0.2) is 0 Å². The summed E-state index contributed by atoms with van der Waals surface area (Å²) < 4.78 is 29.3. The molecule has 0 amide bonds. The first-order valence-electron chi connectivity index (χ1n) is 7.17. The zero-order valence-corrected chi connectivity index (χ0v) is 13.7. The van der Waals surface area contributed by atoms with Crippen LogP contribution in [0.1, 0.15) is 11.3 Å². The Morgan fingerprint density at radius 2 is 1.61 bits per heavy atom. The molecule has 0 fully saturated rings. The molecule has 0 aliphatic heterocycles. The Kier molecular flexibility index (Phi) is 3.92. The molecule has 0 atom stereocenters. The van der Waals surface area contributed by atoms with E-state index in [2.05, 4.69) is 9.82 Å². The lowest BCUT2D eigenvalue weighted by molar-refractivity contribution is 0.600. The lowest BCUT2D eigenvalue weighted by atomic mass is 10.2. The Hall–Kier alpha value is -2.60. The molecule has 0 aliphatic carbocycles. The first-order valence-corrected chi connectivity index (χ1v) is 8.65. The van der Waals surface area contributed by atoms with E-state index in [1.165, 1.54) is 6.20 Å². The summed E-state index contributed by atoms with van der Waals surface area (Å²) in [6.45, 7) is 3.63. The van der Waals surface area contributed by atoms with Crippen LogP contribution >= 0.6 is 0 Å². The van der Waals surface area contributed by atoms with Crippen LogP contribution < -0.4 is 4.72 Å². The second-order valence-electron chi connectivity index (χ2n) is 5.33. The van der Waals surface area contributed by atoms with Gasteiger partial charge in [0.25, 0.3) is 10.0 Å². The molecule has 0 spiro atoms. The van der Waals surface area contributed by atoms with Crippen LogP contribution in [0.25, 0.3) is 5.69 Å². The van der Waals surface area contributed by atoms with Crippen molar-refractivity contribution in [2.45, 2.75) is 18.7 Å². The van der Waals surface area contributed by atoms with Gasteiger partial charge in [-0.1, -0.05) is 35.9 Å². The third-order valence-corrected chi connectivity index (χ3v) is 4.95. The van der Waals surface area contributed by atoms with Gasteiger partial charge in [-0.05, 0) is 38.1 Å². The Morgan fingerprint density at radius 1 is 0.957 bits per heavy atom. The van der Waals surface area contributed by atoms with Gasteiger partial charge in [0.05, 0.1) is 17.6 Å². The van der Waals surface area contributed by atoms with Crippen LogP contribution in [0, 0.1) is 13.8 Å². The van der Waals surface area contributed by atoms with Crippen molar-refractivity contribution in [2.75, 3.05) is 4.72 Å². The predicted octanol–water partition coefficient (Wildman–Crippen LogP) is 3.29. The monoisotopic (exact) mass is 327 g/mol. The number of nitrogens with one attached hydrogen (secondary N) is 1. The maximum absolute atomic E-state index is 12.6. The summed E-state index contributed by atoms with van der Waals surface area (Å²) in [5, 5.41) is 4.30. The summed E-state index contributed by atoms with van der Waals surface area (Å²) in [5.41, 5.74) is 2.87. The Labute approximate surface area is 135 Å². The van der Waals surface area contributed by atoms with Gasteiger partial charge in [0, 0.05) is 5.69 Å². The van der Waals surface area contributed by atoms with Crippen LogP contribution in [0.4, 0.5) is 5.69 Å². The summed E-state index contributed by atoms with van der Waals surface area (Å²) in [5.74, 6) is 0. The summed E-state index contributed by atoms with van der Waals surface area (Å²) in [6, 6.07) is 16.6. The number of para-hydroxylation sites is 1. The topological polar surface area (TPSA) is 64.0 Å². The molecule has 23 heavy (non-hydrogen) atoms. The van der Waals surface area contributed by atoms with E-state index >= 15 is 0 Å². The molecule has 1 aromatic heterocycles. The molecule has 0 aliphatic rings. The maximum atomic E-state index is 12.6. The van der Waals surface area contributed by atoms with E-state index in [1.54, 1.807) is 23.7 Å². The van der Waals surface area contributed by atoms with Gasteiger partial charge < -0.3 is 0 Å². The normalized spacial score (nSPS) is 11.4. The Morgan fingerprint density at radius 3 is 2.26 bits per heavy atom. The fourth-order valence-corrected chi connectivity index (χ4v) is 3.48. The first kappa shape index (κ1) is 15.3. The van der Waals surface area contributed by atoms with Crippen LogP contribution in [0.2, 0.25) is 0 Å². The number of rotatable bonds is 4. The van der Waals surface area contributed by atoms with Crippen molar-refractivity contribution in [3.63, 3.8) is 0 Å². The molecule has 0 saturated heterocycles. The number of hydrogen-bond acceptors (Lipinski definition) is 3. The van der Waals surface area contributed by atoms with Crippen molar-refractivity contribution in [1.82, 2.24) is 9.78 Å². The number of anilines is 1. The Balaban J connectivity index is 1.94. The number of nitrogens with zero attached hydrogens (tertiary/aromatic N) is 2. The van der Waals surface area contributed by atoms with Crippen LogP contribution in [0.15, 0.2) is 65.7 Å². The van der Waals surface area contributed by atoms with Gasteiger partial charge in [0.1, 0.15) is 4.90 Å². The first-order chi connectivity index (χ1) is 11.0. The highest BCUT2D eigenvalue weighted by Gasteiger charge is 2.20. The summed E-state index contributed by atoms with van der Waals surface area (Å²) in [4.78, 5) is 0.168. The summed E-state index contributed by atoms with van der Waals surface area (Å²) in [6.07, 6.45) is 1.53. The van der Waals surface area contributed by atoms with Crippen LogP contribution in [0.3, 0.4) is 0 Å². The zero-order valence-electron chi connectivity index (χ0n) is 12.9. The fourth-order valence-electron chi connectivity index (χ4n) is 2.25. The number of aromatic nitrogens is 2. The van der Waals surface area contributed by atoms with Gasteiger partial charge >= 0.3 is 0 Å². The van der Waals surface area contributed by atoms with Gasteiger partial charge in [-0.3, -0.25) is 4.72 Å². The van der Waals surface area contributed by atoms with E-state index in [0.717, 1.165) is 11.3 Å². The van der Waals surface area contributed by atoms with E-state index in [-0.39, 0.29) is 4.90 Å². The zero-order chi connectivity index (χ0) is 16.4. The molecule has 2 aromatic carbocycles. The molecule has 0 bridgehead atoms. The molecule has 0 saturated carbocycles. The molecule has 118 valence electrons. The smallest absolute Gasteiger partial charge is 0.265 e. The van der Waals surface area contributed by atoms with Crippen molar-refractivity contribution in [3.05, 3.63) is 72.1 Å². The maximum Gasteiger partial charge on any atom is 0.265 e. The van der Waals surface area contributed by atoms with Crippen molar-refractivity contribution in [2.24, 2.45) is 0 Å². The lowest BCUT2D eigenvalue weighted by Crippen LogP contribution is -2.13. The van der Waals surface area contributed by atoms with E-state index in [4.69, 9.17) is 0 Å². The van der Waals surface area contributed by atoms with Crippen molar-refractivity contribution < 1.29 is 8.42 Å². The third kappa shape index (κ3) is 3.27. The Bertz CT molecular complexity index is 914. The molecular weight excluding hydrogens is 310 g/mol. The predicted molar refractivity (Wildman–Crippen MR) is 90.3 cm³/mol. The summed E-state index contributed by atoms with van der Waals surface area (Å²) >= 11 is 0. The number of hydrogen-bond donors (Lipinski definition) is 1. The third-order valence-electron chi connectivity index (χ3n) is 3.47. The van der Waals surface area contributed by atoms with Gasteiger partial charge in [-0.25, -0.2) is 13.1 Å². The average molecular weight is 327 g/mol. The van der Waals surface area contributed by atoms with Crippen LogP contribution in [-0.2, 0) is 10.0 Å². The van der Waals surface area contributed by atoms with Crippen molar-refractivity contribution in [1.29, 1.82) is 0 Å². The van der Waals surface area contributed by atoms with E-state index in [9.17, 15) is 8.42 Å². The highest BCUT2D eigenvalue weighted by molar-refractivity contribution is 7.92. The second-order valence-corrected chi connectivity index (χ2v) is 6.98. The lowest BCUT2D eigenvalue weighted by Gasteiger charge is -2.07. The highest BCUT2D eigenvalue weighted by Crippen LogP contribution is 2.20. The molecule has 0 unspecified atom stereocenters.